The number of ketones is 1. The maximum atomic E-state index is 13.7. The number of aliphatic carboxylic acids is 1. The monoisotopic (exact) mass is 716 g/mol. The Hall–Kier alpha value is -5.10. The Bertz CT molecular complexity index is 2030. The number of carboxylic acids is 1. The molecule has 49 heavy (non-hydrogen) atoms. The van der Waals surface area contributed by atoms with E-state index >= 15 is 0 Å². The van der Waals surface area contributed by atoms with Crippen molar-refractivity contribution < 1.29 is 24.3 Å². The first-order chi connectivity index (χ1) is 23.6. The van der Waals surface area contributed by atoms with Crippen molar-refractivity contribution in [3.05, 3.63) is 139 Å². The number of thiazole rings is 1. The number of aromatic nitrogens is 2. The zero-order valence-electron chi connectivity index (χ0n) is 25.9. The summed E-state index contributed by atoms with van der Waals surface area (Å²) in [6.45, 7) is -0.545. The molecule has 0 fully saturated rings. The van der Waals surface area contributed by atoms with Gasteiger partial charge in [0, 0.05) is 30.3 Å². The number of anilines is 1. The number of halogens is 2. The first kappa shape index (κ1) is 35.2. The SMILES string of the molecule is O=C(O)CC(NC(=O)Cn1c(Cc2ccccc2)ccc(NC(=O)CCc2ccccc2)c1=O)C(=O)c1ncc(-c2c(Cl)cccc2Cl)s1. The van der Waals surface area contributed by atoms with Gasteiger partial charge in [0.2, 0.25) is 17.6 Å². The number of Topliss-reactive ketones (excluding diaryl/α,β-unsaturated/α-hetero) is 1. The van der Waals surface area contributed by atoms with Crippen LogP contribution in [0, 0.1) is 0 Å². The summed E-state index contributed by atoms with van der Waals surface area (Å²) < 4.78 is 1.21. The largest absolute Gasteiger partial charge is 0.481 e. The first-order valence-corrected chi connectivity index (χ1v) is 16.7. The Balaban J connectivity index is 1.37. The van der Waals surface area contributed by atoms with Gasteiger partial charge in [-0.05, 0) is 41.8 Å². The van der Waals surface area contributed by atoms with E-state index in [9.17, 15) is 29.1 Å². The van der Waals surface area contributed by atoms with Gasteiger partial charge in [-0.3, -0.25) is 24.0 Å². The molecule has 2 aromatic heterocycles. The number of rotatable bonds is 14. The van der Waals surface area contributed by atoms with Crippen LogP contribution in [-0.4, -0.2) is 44.3 Å². The highest BCUT2D eigenvalue weighted by atomic mass is 35.5. The predicted molar refractivity (Wildman–Crippen MR) is 189 cm³/mol. The van der Waals surface area contributed by atoms with Crippen LogP contribution in [0.1, 0.15) is 39.5 Å². The zero-order chi connectivity index (χ0) is 34.9. The van der Waals surface area contributed by atoms with E-state index < -0.39 is 42.2 Å². The Morgan fingerprint density at radius 2 is 1.49 bits per heavy atom. The molecule has 1 atom stereocenters. The molecule has 0 aliphatic carbocycles. The number of carboxylic acid groups (broad SMARTS) is 1. The lowest BCUT2D eigenvalue weighted by Gasteiger charge is -2.18. The van der Waals surface area contributed by atoms with Crippen molar-refractivity contribution in [2.24, 2.45) is 0 Å². The third kappa shape index (κ3) is 9.29. The van der Waals surface area contributed by atoms with Crippen LogP contribution in [0.25, 0.3) is 10.4 Å². The molecule has 0 saturated carbocycles. The van der Waals surface area contributed by atoms with Gasteiger partial charge in [0.1, 0.15) is 18.3 Å². The minimum atomic E-state index is -1.49. The van der Waals surface area contributed by atoms with Crippen molar-refractivity contribution >= 4 is 63.8 Å². The van der Waals surface area contributed by atoms with Crippen LogP contribution >= 0.6 is 34.5 Å². The topological polar surface area (TPSA) is 147 Å². The molecule has 10 nitrogen and oxygen atoms in total. The summed E-state index contributed by atoms with van der Waals surface area (Å²) >= 11 is 13.6. The average Bonchev–Trinajstić information content (AvgIpc) is 3.56. The second kappa shape index (κ2) is 16.3. The fourth-order valence-corrected chi connectivity index (χ4v) is 6.81. The molecule has 0 spiro atoms. The number of amides is 2. The smallest absolute Gasteiger partial charge is 0.305 e. The maximum Gasteiger partial charge on any atom is 0.305 e. The first-order valence-electron chi connectivity index (χ1n) is 15.1. The van der Waals surface area contributed by atoms with Crippen LogP contribution in [0.4, 0.5) is 5.69 Å². The van der Waals surface area contributed by atoms with Crippen LogP contribution in [0.3, 0.4) is 0 Å². The van der Waals surface area contributed by atoms with E-state index in [4.69, 9.17) is 23.2 Å². The lowest BCUT2D eigenvalue weighted by Crippen LogP contribution is -2.45. The van der Waals surface area contributed by atoms with Gasteiger partial charge in [0.25, 0.3) is 5.56 Å². The lowest BCUT2D eigenvalue weighted by atomic mass is 10.1. The van der Waals surface area contributed by atoms with Crippen LogP contribution in [0.15, 0.2) is 102 Å². The van der Waals surface area contributed by atoms with E-state index in [2.05, 4.69) is 15.6 Å². The molecule has 5 aromatic rings. The van der Waals surface area contributed by atoms with Gasteiger partial charge in [0.15, 0.2) is 5.01 Å². The molecule has 0 aliphatic rings. The van der Waals surface area contributed by atoms with Crippen LogP contribution in [0.5, 0.6) is 0 Å². The summed E-state index contributed by atoms with van der Waals surface area (Å²) in [7, 11) is 0. The summed E-state index contributed by atoms with van der Waals surface area (Å²) in [5.41, 5.74) is 2.13. The van der Waals surface area contributed by atoms with E-state index in [1.807, 2.05) is 60.7 Å². The highest BCUT2D eigenvalue weighted by molar-refractivity contribution is 7.17. The average molecular weight is 718 g/mol. The molecule has 0 radical (unpaired) electrons. The second-order valence-corrected chi connectivity index (χ2v) is 12.9. The van der Waals surface area contributed by atoms with Gasteiger partial charge in [-0.15, -0.1) is 11.3 Å². The highest BCUT2D eigenvalue weighted by Crippen LogP contribution is 2.37. The van der Waals surface area contributed by atoms with Crippen LogP contribution in [-0.2, 0) is 33.8 Å². The number of hydrogen-bond donors (Lipinski definition) is 3. The van der Waals surface area contributed by atoms with Crippen molar-refractivity contribution in [1.82, 2.24) is 14.9 Å². The number of hydrogen-bond acceptors (Lipinski definition) is 7. The number of nitrogens with zero attached hydrogens (tertiary/aromatic N) is 2. The Morgan fingerprint density at radius 1 is 0.837 bits per heavy atom. The molecule has 250 valence electrons. The Morgan fingerprint density at radius 3 is 2.14 bits per heavy atom. The molecule has 1 unspecified atom stereocenters. The standard InChI is InChI=1S/C36H30Cl2N4O6S/c37-25-12-7-13-26(38)33(25)29-20-39-35(49-29)34(47)28(19-32(45)46)41-31(44)21-42-24(18-23-10-5-2-6-11-23)15-16-27(36(42)48)40-30(43)17-14-22-8-3-1-4-9-22/h1-13,15-16,20,28H,14,17-19,21H2,(H,40,43)(H,41,44)(H,45,46). The molecule has 0 aliphatic heterocycles. The lowest BCUT2D eigenvalue weighted by molar-refractivity contribution is -0.137. The molecule has 3 N–H and O–H groups in total. The summed E-state index contributed by atoms with van der Waals surface area (Å²) in [5.74, 6) is -3.21. The van der Waals surface area contributed by atoms with Crippen molar-refractivity contribution in [2.75, 3.05) is 5.32 Å². The Kier molecular flexibility index (Phi) is 11.7. The van der Waals surface area contributed by atoms with E-state index in [0.717, 1.165) is 22.5 Å². The fraction of sp³-hybridized carbons (Fsp3) is 0.167. The summed E-state index contributed by atoms with van der Waals surface area (Å²) in [6.07, 6.45) is 1.57. The van der Waals surface area contributed by atoms with Gasteiger partial charge in [-0.2, -0.15) is 0 Å². The number of nitrogens with one attached hydrogen (secondary N) is 2. The summed E-state index contributed by atoms with van der Waals surface area (Å²) in [5, 5.41) is 15.3. The number of pyridine rings is 1. The van der Waals surface area contributed by atoms with Crippen molar-refractivity contribution in [3.63, 3.8) is 0 Å². The predicted octanol–water partition coefficient (Wildman–Crippen LogP) is 6.28. The molecule has 2 amide bonds. The van der Waals surface area contributed by atoms with Crippen molar-refractivity contribution in [3.8, 4) is 10.4 Å². The molecular weight excluding hydrogens is 687 g/mol. The third-order valence-electron chi connectivity index (χ3n) is 7.51. The molecule has 0 bridgehead atoms. The molecule has 0 saturated heterocycles. The molecule has 13 heteroatoms. The molecule has 3 aromatic carbocycles. The highest BCUT2D eigenvalue weighted by Gasteiger charge is 2.28. The zero-order valence-corrected chi connectivity index (χ0v) is 28.2. The van der Waals surface area contributed by atoms with Crippen molar-refractivity contribution in [2.45, 2.75) is 38.3 Å². The summed E-state index contributed by atoms with van der Waals surface area (Å²) in [6, 6.07) is 25.3. The van der Waals surface area contributed by atoms with Gasteiger partial charge in [0.05, 0.1) is 21.3 Å². The van der Waals surface area contributed by atoms with Gasteiger partial charge >= 0.3 is 5.97 Å². The van der Waals surface area contributed by atoms with Gasteiger partial charge in [-0.1, -0.05) is 89.9 Å². The normalized spacial score (nSPS) is 11.5. The minimum absolute atomic E-state index is 0.0191. The van der Waals surface area contributed by atoms with Crippen molar-refractivity contribution in [1.29, 1.82) is 0 Å². The van der Waals surface area contributed by atoms with Crippen LogP contribution in [0.2, 0.25) is 10.0 Å². The second-order valence-electron chi connectivity index (χ2n) is 11.0. The molecule has 2 heterocycles. The number of aryl methyl sites for hydroxylation is 1. The van der Waals surface area contributed by atoms with E-state index in [1.54, 1.807) is 24.3 Å². The number of carbonyl (C=O) groups is 4. The maximum absolute atomic E-state index is 13.7. The van der Waals surface area contributed by atoms with E-state index in [-0.39, 0.29) is 29.4 Å². The quantitative estimate of drug-likeness (QED) is 0.115. The van der Waals surface area contributed by atoms with E-state index in [0.29, 0.717) is 32.6 Å². The fourth-order valence-electron chi connectivity index (χ4n) is 5.11. The molecule has 5 rings (SSSR count). The summed E-state index contributed by atoms with van der Waals surface area (Å²) in [4.78, 5) is 69.8. The van der Waals surface area contributed by atoms with Crippen LogP contribution < -0.4 is 16.2 Å². The third-order valence-corrected chi connectivity index (χ3v) is 9.17. The Labute approximate surface area is 295 Å². The van der Waals surface area contributed by atoms with Gasteiger partial charge in [-0.25, -0.2) is 4.98 Å². The van der Waals surface area contributed by atoms with Gasteiger partial charge < -0.3 is 20.3 Å². The molecular formula is C36H30Cl2N4O6S. The minimum Gasteiger partial charge on any atom is -0.481 e. The number of benzene rings is 3. The number of carbonyl (C=O) groups excluding carboxylic acids is 3. The van der Waals surface area contributed by atoms with E-state index in [1.165, 1.54) is 16.8 Å².